The van der Waals surface area contributed by atoms with Gasteiger partial charge in [-0.15, -0.1) is 11.6 Å². The Labute approximate surface area is 81.2 Å². The lowest BCUT2D eigenvalue weighted by atomic mass is 9.78. The second-order valence-electron chi connectivity index (χ2n) is 3.09. The van der Waals surface area contributed by atoms with E-state index < -0.39 is 11.3 Å². The van der Waals surface area contributed by atoms with Crippen LogP contribution in [0.1, 0.15) is 12.8 Å². The summed E-state index contributed by atoms with van der Waals surface area (Å²) in [7, 11) is 0. The minimum Gasteiger partial charge on any atom is -0.369 e. The highest BCUT2D eigenvalue weighted by Crippen LogP contribution is 2.33. The van der Waals surface area contributed by atoms with Crippen molar-refractivity contribution < 1.29 is 9.18 Å². The van der Waals surface area contributed by atoms with Crippen LogP contribution in [0.15, 0.2) is 24.1 Å². The molecule has 0 aromatic rings. The molecular formula is C9H11ClFNO. The quantitative estimate of drug-likeness (QED) is 0.700. The Kier molecular flexibility index (Phi) is 3.09. The summed E-state index contributed by atoms with van der Waals surface area (Å²) in [4.78, 5) is 11.1. The number of carbonyl (C=O) groups excluding carboxylic acids is 1. The molecule has 72 valence electrons. The molecule has 4 heteroatoms. The van der Waals surface area contributed by atoms with Crippen LogP contribution in [0.4, 0.5) is 4.39 Å². The maximum atomic E-state index is 12.6. The van der Waals surface area contributed by atoms with E-state index in [4.69, 9.17) is 17.3 Å². The van der Waals surface area contributed by atoms with Crippen LogP contribution in [-0.4, -0.2) is 11.8 Å². The Balaban J connectivity index is 2.84. The van der Waals surface area contributed by atoms with Crippen molar-refractivity contribution in [3.8, 4) is 0 Å². The zero-order valence-corrected chi connectivity index (χ0v) is 7.85. The number of allylic oxidation sites excluding steroid dienone is 3. The number of hydrogen-bond donors (Lipinski definition) is 1. The van der Waals surface area contributed by atoms with Crippen molar-refractivity contribution in [2.24, 2.45) is 11.1 Å². The lowest BCUT2D eigenvalue weighted by Gasteiger charge is -2.26. The number of carbonyl (C=O) groups is 1. The third-order valence-electron chi connectivity index (χ3n) is 2.25. The van der Waals surface area contributed by atoms with E-state index in [-0.39, 0.29) is 5.83 Å². The first-order valence-corrected chi connectivity index (χ1v) is 4.55. The molecule has 1 rings (SSSR count). The molecule has 0 heterocycles. The minimum atomic E-state index is -0.780. The van der Waals surface area contributed by atoms with Gasteiger partial charge in [-0.05, 0) is 25.0 Å². The number of amides is 1. The molecule has 0 saturated carbocycles. The van der Waals surface area contributed by atoms with Gasteiger partial charge in [-0.2, -0.15) is 0 Å². The lowest BCUT2D eigenvalue weighted by Crippen LogP contribution is -2.36. The fraction of sp³-hybridized carbons (Fsp3) is 0.444. The highest BCUT2D eigenvalue weighted by atomic mass is 35.5. The predicted molar refractivity (Wildman–Crippen MR) is 49.9 cm³/mol. The molecule has 1 aliphatic carbocycles. The van der Waals surface area contributed by atoms with E-state index >= 15 is 0 Å². The fourth-order valence-electron chi connectivity index (χ4n) is 1.31. The van der Waals surface area contributed by atoms with Crippen LogP contribution in [0.5, 0.6) is 0 Å². The molecule has 0 radical (unpaired) electrons. The van der Waals surface area contributed by atoms with E-state index in [2.05, 4.69) is 0 Å². The van der Waals surface area contributed by atoms with Gasteiger partial charge in [0.2, 0.25) is 5.91 Å². The smallest absolute Gasteiger partial charge is 0.227 e. The van der Waals surface area contributed by atoms with Gasteiger partial charge in [-0.25, -0.2) is 4.39 Å². The SMILES string of the molecule is NC(=O)C1(CCCl)C=CC(F)=CC1. The summed E-state index contributed by atoms with van der Waals surface area (Å²) in [6, 6.07) is 0. The lowest BCUT2D eigenvalue weighted by molar-refractivity contribution is -0.125. The molecule has 1 amide bonds. The van der Waals surface area contributed by atoms with Crippen LogP contribution in [0.3, 0.4) is 0 Å². The molecular weight excluding hydrogens is 193 g/mol. The van der Waals surface area contributed by atoms with Crippen LogP contribution < -0.4 is 5.73 Å². The molecule has 13 heavy (non-hydrogen) atoms. The van der Waals surface area contributed by atoms with E-state index in [0.717, 1.165) is 0 Å². The van der Waals surface area contributed by atoms with Gasteiger partial charge in [-0.3, -0.25) is 4.79 Å². The standard InChI is InChI=1S/C9H11ClFNO/c10-6-5-9(8(12)13)3-1-7(11)2-4-9/h1-3H,4-6H2,(H2,12,13). The van der Waals surface area contributed by atoms with Gasteiger partial charge >= 0.3 is 0 Å². The maximum absolute atomic E-state index is 12.6. The molecule has 1 aliphatic rings. The highest BCUT2D eigenvalue weighted by Gasteiger charge is 2.33. The second-order valence-corrected chi connectivity index (χ2v) is 3.46. The average Bonchev–Trinajstić information content (AvgIpc) is 2.09. The molecule has 1 atom stereocenters. The Morgan fingerprint density at radius 2 is 2.46 bits per heavy atom. The molecule has 2 N–H and O–H groups in total. The molecule has 0 bridgehead atoms. The number of halogens is 2. The van der Waals surface area contributed by atoms with Crippen LogP contribution in [0.25, 0.3) is 0 Å². The number of alkyl halides is 1. The Morgan fingerprint density at radius 1 is 1.77 bits per heavy atom. The average molecular weight is 204 g/mol. The van der Waals surface area contributed by atoms with Crippen molar-refractivity contribution in [3.63, 3.8) is 0 Å². The molecule has 0 fully saturated rings. The van der Waals surface area contributed by atoms with E-state index in [1.54, 1.807) is 0 Å². The topological polar surface area (TPSA) is 43.1 Å². The summed E-state index contributed by atoms with van der Waals surface area (Å²) in [5.41, 5.74) is 4.45. The Bertz CT molecular complexity index is 275. The number of hydrogen-bond acceptors (Lipinski definition) is 1. The van der Waals surface area contributed by atoms with E-state index in [0.29, 0.717) is 18.7 Å². The number of nitrogens with two attached hydrogens (primary N) is 1. The van der Waals surface area contributed by atoms with Gasteiger partial charge in [0, 0.05) is 5.88 Å². The zero-order chi connectivity index (χ0) is 9.90. The van der Waals surface area contributed by atoms with Gasteiger partial charge in [0.05, 0.1) is 5.41 Å². The molecule has 0 aliphatic heterocycles. The van der Waals surface area contributed by atoms with Gasteiger partial charge in [0.15, 0.2) is 0 Å². The molecule has 0 saturated heterocycles. The first-order valence-electron chi connectivity index (χ1n) is 4.01. The van der Waals surface area contributed by atoms with Crippen LogP contribution in [-0.2, 0) is 4.79 Å². The molecule has 0 spiro atoms. The third kappa shape index (κ3) is 2.10. The van der Waals surface area contributed by atoms with Gasteiger partial charge in [-0.1, -0.05) is 6.08 Å². The number of primary amides is 1. The van der Waals surface area contributed by atoms with Crippen molar-refractivity contribution in [3.05, 3.63) is 24.1 Å². The second kappa shape index (κ2) is 3.92. The largest absolute Gasteiger partial charge is 0.369 e. The van der Waals surface area contributed by atoms with E-state index in [9.17, 15) is 9.18 Å². The minimum absolute atomic E-state index is 0.303. The summed E-state index contributed by atoms with van der Waals surface area (Å²) < 4.78 is 12.6. The molecule has 0 aromatic carbocycles. The molecule has 2 nitrogen and oxygen atoms in total. The molecule has 0 aromatic heterocycles. The van der Waals surface area contributed by atoms with Crippen molar-refractivity contribution in [1.29, 1.82) is 0 Å². The maximum Gasteiger partial charge on any atom is 0.227 e. The van der Waals surface area contributed by atoms with Gasteiger partial charge < -0.3 is 5.73 Å². The van der Waals surface area contributed by atoms with Crippen LogP contribution in [0, 0.1) is 5.41 Å². The van der Waals surface area contributed by atoms with E-state index in [1.165, 1.54) is 18.2 Å². The summed E-state index contributed by atoms with van der Waals surface area (Å²) in [5, 5.41) is 0. The Morgan fingerprint density at radius 3 is 2.85 bits per heavy atom. The van der Waals surface area contributed by atoms with Gasteiger partial charge in [0.25, 0.3) is 0 Å². The van der Waals surface area contributed by atoms with Crippen molar-refractivity contribution in [2.75, 3.05) is 5.88 Å². The monoisotopic (exact) mass is 203 g/mol. The van der Waals surface area contributed by atoms with Crippen LogP contribution in [0.2, 0.25) is 0 Å². The third-order valence-corrected chi connectivity index (χ3v) is 2.44. The van der Waals surface area contributed by atoms with E-state index in [1.807, 2.05) is 0 Å². The van der Waals surface area contributed by atoms with Crippen molar-refractivity contribution in [2.45, 2.75) is 12.8 Å². The van der Waals surface area contributed by atoms with Gasteiger partial charge in [0.1, 0.15) is 5.83 Å². The zero-order valence-electron chi connectivity index (χ0n) is 7.09. The summed E-state index contributed by atoms with van der Waals surface area (Å²) in [6.45, 7) is 0. The van der Waals surface area contributed by atoms with Crippen LogP contribution >= 0.6 is 11.6 Å². The summed E-state index contributed by atoms with van der Waals surface area (Å²) in [6.07, 6.45) is 4.88. The normalized spacial score (nSPS) is 27.1. The summed E-state index contributed by atoms with van der Waals surface area (Å²) >= 11 is 5.55. The highest BCUT2D eigenvalue weighted by molar-refractivity contribution is 6.18. The predicted octanol–water partition coefficient (Wildman–Crippen LogP) is 1.90. The fourth-order valence-corrected chi connectivity index (χ4v) is 1.65. The van der Waals surface area contributed by atoms with Crippen molar-refractivity contribution in [1.82, 2.24) is 0 Å². The molecule has 1 unspecified atom stereocenters. The first-order chi connectivity index (χ1) is 6.10. The first kappa shape index (κ1) is 10.3. The Hall–Kier alpha value is -0.830. The summed E-state index contributed by atoms with van der Waals surface area (Å²) in [5.74, 6) is -0.442. The van der Waals surface area contributed by atoms with Crippen molar-refractivity contribution >= 4 is 17.5 Å². The number of rotatable bonds is 3.